The van der Waals surface area contributed by atoms with Gasteiger partial charge in [0.05, 0.1) is 5.69 Å². The zero-order chi connectivity index (χ0) is 26.0. The molecule has 0 radical (unpaired) electrons. The number of hydrogen-bond acceptors (Lipinski definition) is 5. The molecule has 2 heterocycles. The number of para-hydroxylation sites is 1. The van der Waals surface area contributed by atoms with Crippen molar-refractivity contribution in [2.45, 2.75) is 45.4 Å². The lowest BCUT2D eigenvalue weighted by molar-refractivity contribution is -0.120. The molecule has 1 fully saturated rings. The van der Waals surface area contributed by atoms with Gasteiger partial charge in [-0.1, -0.05) is 41.1 Å². The normalized spacial score (nSPS) is 15.5. The number of hydrogen-bond donors (Lipinski definition) is 1. The summed E-state index contributed by atoms with van der Waals surface area (Å²) >= 11 is 0. The van der Waals surface area contributed by atoms with E-state index in [2.05, 4.69) is 22.6 Å². The third kappa shape index (κ3) is 5.27. The van der Waals surface area contributed by atoms with Crippen molar-refractivity contribution in [2.24, 2.45) is 5.92 Å². The van der Waals surface area contributed by atoms with Gasteiger partial charge < -0.3 is 9.84 Å². The Labute approximate surface area is 211 Å². The van der Waals surface area contributed by atoms with Crippen LogP contribution >= 0.6 is 0 Å². The van der Waals surface area contributed by atoms with Crippen LogP contribution in [0.5, 0.6) is 0 Å². The highest BCUT2D eigenvalue weighted by Gasteiger charge is 2.36. The smallest absolute Gasteiger partial charge is 0.248 e. The Morgan fingerprint density at radius 2 is 1.72 bits per heavy atom. The molecule has 9 heteroatoms. The van der Waals surface area contributed by atoms with Gasteiger partial charge in [0.15, 0.2) is 10.7 Å². The first-order valence-corrected chi connectivity index (χ1v) is 13.3. The molecule has 36 heavy (non-hydrogen) atoms. The number of amides is 1. The number of anilines is 1. The quantitative estimate of drug-likeness (QED) is 0.488. The van der Waals surface area contributed by atoms with Gasteiger partial charge in [-0.2, -0.15) is 4.31 Å². The predicted molar refractivity (Wildman–Crippen MR) is 137 cm³/mol. The molecule has 3 aromatic rings. The molecule has 1 aliphatic heterocycles. The highest BCUT2D eigenvalue weighted by molar-refractivity contribution is 7.89. The number of nitrogens with one attached hydrogen (secondary N) is 1. The fraction of sp³-hybridized carbons (Fsp3) is 0.333. The first-order chi connectivity index (χ1) is 17.1. The van der Waals surface area contributed by atoms with Crippen molar-refractivity contribution in [1.29, 1.82) is 0 Å². The van der Waals surface area contributed by atoms with Gasteiger partial charge in [-0.3, -0.25) is 4.79 Å². The largest absolute Gasteiger partial charge is 0.355 e. The number of piperidine rings is 1. The van der Waals surface area contributed by atoms with Crippen molar-refractivity contribution in [2.75, 3.05) is 18.4 Å². The predicted octanol–water partition coefficient (Wildman–Crippen LogP) is 5.26. The lowest BCUT2D eigenvalue weighted by atomic mass is 9.97. The average molecular weight is 512 g/mol. The topological polar surface area (TPSA) is 92.5 Å². The molecule has 0 atom stereocenters. The van der Waals surface area contributed by atoms with E-state index in [1.54, 1.807) is 25.1 Å². The van der Waals surface area contributed by atoms with Crippen molar-refractivity contribution in [3.63, 3.8) is 0 Å². The highest BCUT2D eigenvalue weighted by atomic mass is 32.2. The number of halogens is 1. The molecule has 0 spiro atoms. The van der Waals surface area contributed by atoms with E-state index in [-0.39, 0.29) is 41.0 Å². The van der Waals surface area contributed by atoms with Crippen LogP contribution in [0.3, 0.4) is 0 Å². The zero-order valence-electron chi connectivity index (χ0n) is 20.8. The van der Waals surface area contributed by atoms with Gasteiger partial charge >= 0.3 is 0 Å². The Kier molecular flexibility index (Phi) is 7.42. The van der Waals surface area contributed by atoms with Gasteiger partial charge in [0.25, 0.3) is 0 Å². The van der Waals surface area contributed by atoms with Crippen LogP contribution in [-0.2, 0) is 14.8 Å². The van der Waals surface area contributed by atoms with E-state index in [0.29, 0.717) is 12.8 Å². The summed E-state index contributed by atoms with van der Waals surface area (Å²) in [5.74, 6) is -1.06. The second kappa shape index (κ2) is 10.4. The van der Waals surface area contributed by atoms with Gasteiger partial charge in [-0.05, 0) is 75.4 Å². The molecule has 0 saturated carbocycles. The van der Waals surface area contributed by atoms with Crippen molar-refractivity contribution in [3.8, 4) is 0 Å². The van der Waals surface area contributed by atoms with Gasteiger partial charge in [0.1, 0.15) is 11.5 Å². The minimum absolute atomic E-state index is 0.0374. The van der Waals surface area contributed by atoms with Crippen LogP contribution in [0.2, 0.25) is 0 Å². The lowest BCUT2D eigenvalue weighted by Gasteiger charge is -2.30. The molecule has 1 amide bonds. The average Bonchev–Trinajstić information content (AvgIpc) is 3.21. The first-order valence-electron chi connectivity index (χ1n) is 11.9. The van der Waals surface area contributed by atoms with E-state index >= 15 is 0 Å². The number of nitrogens with zero attached hydrogens (tertiary/aromatic N) is 2. The van der Waals surface area contributed by atoms with E-state index in [9.17, 15) is 17.6 Å². The van der Waals surface area contributed by atoms with Gasteiger partial charge in [-0.25, -0.2) is 12.8 Å². The maximum atomic E-state index is 13.9. The molecule has 190 valence electrons. The van der Waals surface area contributed by atoms with Crippen molar-refractivity contribution >= 4 is 33.8 Å². The Balaban J connectivity index is 1.49. The Hall–Kier alpha value is -3.30. The van der Waals surface area contributed by atoms with Crippen molar-refractivity contribution in [1.82, 2.24) is 9.46 Å². The Bertz CT molecular complexity index is 1400. The summed E-state index contributed by atoms with van der Waals surface area (Å²) in [4.78, 5) is 12.7. The lowest BCUT2D eigenvalue weighted by Crippen LogP contribution is -2.41. The fourth-order valence-corrected chi connectivity index (χ4v) is 6.42. The molecule has 0 aliphatic carbocycles. The third-order valence-electron chi connectivity index (χ3n) is 6.53. The van der Waals surface area contributed by atoms with Crippen LogP contribution in [0, 0.1) is 39.4 Å². The van der Waals surface area contributed by atoms with Crippen LogP contribution in [0.25, 0.3) is 12.2 Å². The summed E-state index contributed by atoms with van der Waals surface area (Å²) in [6.07, 6.45) is 4.15. The van der Waals surface area contributed by atoms with E-state index < -0.39 is 21.8 Å². The standard InChI is InChI=1S/C27H30FN3O4S/c1-17-15-18(2)22(19(3)16-17)9-10-25-26(20(4)30-35-25)36(33,34)31-13-11-21(12-14-31)27(32)29-24-8-6-5-7-23(24)28/h5-10,15-16,21H,11-14H2,1-4H3,(H,29,32)/b10-9+. The summed E-state index contributed by atoms with van der Waals surface area (Å²) in [7, 11) is -3.89. The molecule has 1 aromatic heterocycles. The molecule has 2 aromatic carbocycles. The van der Waals surface area contributed by atoms with Gasteiger partial charge in [-0.15, -0.1) is 0 Å². The molecule has 0 bridgehead atoms. The monoisotopic (exact) mass is 511 g/mol. The van der Waals surface area contributed by atoms with Crippen LogP contribution in [0.4, 0.5) is 10.1 Å². The fourth-order valence-electron chi connectivity index (χ4n) is 4.70. The first kappa shape index (κ1) is 25.8. The van der Waals surface area contributed by atoms with Crippen LogP contribution < -0.4 is 5.32 Å². The molecule has 7 nitrogen and oxygen atoms in total. The summed E-state index contributed by atoms with van der Waals surface area (Å²) < 4.78 is 47.7. The second-order valence-corrected chi connectivity index (χ2v) is 11.1. The number of sulfonamides is 1. The molecular formula is C27H30FN3O4S. The zero-order valence-corrected chi connectivity index (χ0v) is 21.7. The van der Waals surface area contributed by atoms with E-state index in [1.165, 1.54) is 16.4 Å². The van der Waals surface area contributed by atoms with Gasteiger partial charge in [0.2, 0.25) is 15.9 Å². The number of carbonyl (C=O) groups is 1. The SMILES string of the molecule is Cc1cc(C)c(/C=C/c2onc(C)c2S(=O)(=O)N2CCC(C(=O)Nc3ccccc3F)CC2)c(C)c1. The summed E-state index contributed by atoms with van der Waals surface area (Å²) in [5, 5.41) is 6.52. The third-order valence-corrected chi connectivity index (χ3v) is 8.58. The Morgan fingerprint density at radius 1 is 1.08 bits per heavy atom. The Morgan fingerprint density at radius 3 is 2.36 bits per heavy atom. The van der Waals surface area contributed by atoms with Gasteiger partial charge in [0, 0.05) is 19.0 Å². The molecule has 1 aliphatic rings. The van der Waals surface area contributed by atoms with Crippen LogP contribution in [-0.4, -0.2) is 36.9 Å². The summed E-state index contributed by atoms with van der Waals surface area (Å²) in [5.41, 5.74) is 4.73. The molecule has 1 N–H and O–H groups in total. The minimum atomic E-state index is -3.89. The summed E-state index contributed by atoms with van der Waals surface area (Å²) in [6.45, 7) is 7.99. The van der Waals surface area contributed by atoms with Crippen LogP contribution in [0.15, 0.2) is 45.8 Å². The molecule has 4 rings (SSSR count). The van der Waals surface area contributed by atoms with E-state index in [1.807, 2.05) is 26.8 Å². The molecule has 0 unspecified atom stereocenters. The molecule has 1 saturated heterocycles. The molecular weight excluding hydrogens is 481 g/mol. The van der Waals surface area contributed by atoms with Crippen LogP contribution in [0.1, 0.15) is 46.5 Å². The van der Waals surface area contributed by atoms with E-state index in [0.717, 1.165) is 22.3 Å². The van der Waals surface area contributed by atoms with E-state index in [4.69, 9.17) is 4.52 Å². The maximum Gasteiger partial charge on any atom is 0.248 e. The number of aromatic nitrogens is 1. The second-order valence-electron chi connectivity index (χ2n) is 9.25. The van der Waals surface area contributed by atoms with Crippen molar-refractivity contribution < 1.29 is 22.1 Å². The number of aryl methyl sites for hydroxylation is 4. The highest BCUT2D eigenvalue weighted by Crippen LogP contribution is 2.30. The number of rotatable bonds is 6. The van der Waals surface area contributed by atoms with Crippen molar-refractivity contribution in [3.05, 3.63) is 75.9 Å². The number of carbonyl (C=O) groups excluding carboxylic acids is 1. The maximum absolute atomic E-state index is 13.9. The minimum Gasteiger partial charge on any atom is -0.355 e. The summed E-state index contributed by atoms with van der Waals surface area (Å²) in [6, 6.07) is 10.1. The number of benzene rings is 2.